The number of nitrogens with two attached hydrogens (primary N) is 1. The van der Waals surface area contributed by atoms with Gasteiger partial charge in [0, 0.05) is 17.5 Å². The van der Waals surface area contributed by atoms with Gasteiger partial charge >= 0.3 is 0 Å². The molecule has 1 aromatic carbocycles. The van der Waals surface area contributed by atoms with Crippen LogP contribution < -0.4 is 11.1 Å². The van der Waals surface area contributed by atoms with E-state index in [1.54, 1.807) is 0 Å². The Bertz CT molecular complexity index is 451. The Morgan fingerprint density at radius 2 is 2.35 bits per heavy atom. The molecule has 0 aliphatic rings. The molecule has 5 nitrogen and oxygen atoms in total. The zero-order chi connectivity index (χ0) is 12.8. The lowest BCUT2D eigenvalue weighted by atomic mass is 10.2. The summed E-state index contributed by atoms with van der Waals surface area (Å²) in [5.41, 5.74) is 5.69. The predicted octanol–water partition coefficient (Wildman–Crippen LogP) is 0.758. The number of hydrogen-bond acceptors (Lipinski definition) is 4. The number of carbonyl (C=O) groups excluding carboxylic acids is 1. The number of benzene rings is 1. The first-order valence-electron chi connectivity index (χ1n) is 4.69. The fourth-order valence-electron chi connectivity index (χ4n) is 1.10. The van der Waals surface area contributed by atoms with Crippen LogP contribution in [0.2, 0.25) is 0 Å². The average molecular weight is 257 g/mol. The lowest BCUT2D eigenvalue weighted by molar-refractivity contribution is -0.118. The first-order chi connectivity index (χ1) is 8.08. The molecule has 7 heteroatoms. The Morgan fingerprint density at radius 3 is 2.94 bits per heavy atom. The SMILES string of the molecule is CNC(=O)CSc1ccc(F)cc1/C(N)=N/O. The second kappa shape index (κ2) is 6.09. The van der Waals surface area contributed by atoms with Crippen LogP contribution in [0.4, 0.5) is 4.39 Å². The van der Waals surface area contributed by atoms with Gasteiger partial charge in [-0.1, -0.05) is 5.16 Å². The largest absolute Gasteiger partial charge is 0.409 e. The van der Waals surface area contributed by atoms with E-state index in [2.05, 4.69) is 10.5 Å². The van der Waals surface area contributed by atoms with Crippen molar-refractivity contribution < 1.29 is 14.4 Å². The molecule has 0 heterocycles. The number of amides is 1. The average Bonchev–Trinajstić information content (AvgIpc) is 2.35. The lowest BCUT2D eigenvalue weighted by Gasteiger charge is -2.07. The van der Waals surface area contributed by atoms with Crippen LogP contribution in [-0.4, -0.2) is 29.8 Å². The number of oxime groups is 1. The van der Waals surface area contributed by atoms with Gasteiger partial charge in [0.05, 0.1) is 5.75 Å². The minimum absolute atomic E-state index is 0.162. The number of carbonyl (C=O) groups is 1. The van der Waals surface area contributed by atoms with Crippen molar-refractivity contribution in [1.29, 1.82) is 0 Å². The van der Waals surface area contributed by atoms with Gasteiger partial charge in [-0.15, -0.1) is 11.8 Å². The number of hydrogen-bond donors (Lipinski definition) is 3. The maximum absolute atomic E-state index is 13.0. The van der Waals surface area contributed by atoms with Gasteiger partial charge in [0.1, 0.15) is 5.82 Å². The highest BCUT2D eigenvalue weighted by molar-refractivity contribution is 8.00. The molecule has 0 saturated heterocycles. The highest BCUT2D eigenvalue weighted by Gasteiger charge is 2.10. The van der Waals surface area contributed by atoms with E-state index in [0.717, 1.165) is 6.07 Å². The maximum atomic E-state index is 13.0. The number of thioether (sulfide) groups is 1. The number of nitrogens with zero attached hydrogens (tertiary/aromatic N) is 1. The molecular formula is C10H12FN3O2S. The molecule has 1 aromatic rings. The third-order valence-electron chi connectivity index (χ3n) is 1.96. The van der Waals surface area contributed by atoms with E-state index in [0.29, 0.717) is 4.90 Å². The Labute approximate surface area is 102 Å². The summed E-state index contributed by atoms with van der Waals surface area (Å²) < 4.78 is 13.0. The van der Waals surface area contributed by atoms with Crippen molar-refractivity contribution >= 4 is 23.5 Å². The summed E-state index contributed by atoms with van der Waals surface area (Å²) in [7, 11) is 1.53. The zero-order valence-corrected chi connectivity index (χ0v) is 9.92. The summed E-state index contributed by atoms with van der Waals surface area (Å²) >= 11 is 1.18. The molecule has 0 fully saturated rings. The Morgan fingerprint density at radius 1 is 1.65 bits per heavy atom. The van der Waals surface area contributed by atoms with Crippen molar-refractivity contribution in [1.82, 2.24) is 5.32 Å². The minimum atomic E-state index is -0.490. The third kappa shape index (κ3) is 3.63. The highest BCUT2D eigenvalue weighted by atomic mass is 32.2. The van der Waals surface area contributed by atoms with Crippen LogP contribution in [0.3, 0.4) is 0 Å². The van der Waals surface area contributed by atoms with E-state index in [4.69, 9.17) is 10.9 Å². The molecule has 0 atom stereocenters. The van der Waals surface area contributed by atoms with Crippen molar-refractivity contribution in [2.75, 3.05) is 12.8 Å². The number of amidine groups is 1. The van der Waals surface area contributed by atoms with Crippen molar-refractivity contribution in [2.45, 2.75) is 4.90 Å². The van der Waals surface area contributed by atoms with Crippen LogP contribution in [0.5, 0.6) is 0 Å². The molecule has 0 bridgehead atoms. The lowest BCUT2D eigenvalue weighted by Crippen LogP contribution is -2.20. The second-order valence-electron chi connectivity index (χ2n) is 3.09. The smallest absolute Gasteiger partial charge is 0.230 e. The van der Waals surface area contributed by atoms with Gasteiger partial charge in [-0.3, -0.25) is 4.79 Å². The van der Waals surface area contributed by atoms with Crippen LogP contribution >= 0.6 is 11.8 Å². The van der Waals surface area contributed by atoms with Crippen molar-refractivity contribution in [3.05, 3.63) is 29.6 Å². The summed E-state index contributed by atoms with van der Waals surface area (Å²) in [6, 6.07) is 3.89. The Hall–Kier alpha value is -1.76. The van der Waals surface area contributed by atoms with Crippen LogP contribution in [0.25, 0.3) is 0 Å². The van der Waals surface area contributed by atoms with Gasteiger partial charge in [0.25, 0.3) is 0 Å². The van der Waals surface area contributed by atoms with Gasteiger partial charge < -0.3 is 16.3 Å². The molecule has 0 spiro atoms. The zero-order valence-electron chi connectivity index (χ0n) is 9.11. The molecule has 1 rings (SSSR count). The Balaban J connectivity index is 2.94. The first-order valence-corrected chi connectivity index (χ1v) is 5.68. The topological polar surface area (TPSA) is 87.7 Å². The molecule has 0 aliphatic carbocycles. The molecule has 0 saturated carbocycles. The van der Waals surface area contributed by atoms with Gasteiger partial charge in [-0.2, -0.15) is 0 Å². The first kappa shape index (κ1) is 13.3. The third-order valence-corrected chi connectivity index (χ3v) is 3.04. The molecule has 0 aliphatic heterocycles. The second-order valence-corrected chi connectivity index (χ2v) is 4.10. The minimum Gasteiger partial charge on any atom is -0.409 e. The fourth-order valence-corrected chi connectivity index (χ4v) is 2.01. The molecule has 0 unspecified atom stereocenters. The predicted molar refractivity (Wildman–Crippen MR) is 63.7 cm³/mol. The normalized spacial score (nSPS) is 11.3. The Kier molecular flexibility index (Phi) is 4.77. The molecule has 0 radical (unpaired) electrons. The van der Waals surface area contributed by atoms with Crippen molar-refractivity contribution in [3.63, 3.8) is 0 Å². The summed E-state index contributed by atoms with van der Waals surface area (Å²) in [5.74, 6) is -0.669. The number of nitrogens with one attached hydrogen (secondary N) is 1. The molecular weight excluding hydrogens is 245 g/mol. The molecule has 92 valence electrons. The molecule has 4 N–H and O–H groups in total. The van der Waals surface area contributed by atoms with Crippen LogP contribution in [0.1, 0.15) is 5.56 Å². The quantitative estimate of drug-likeness (QED) is 0.244. The monoisotopic (exact) mass is 257 g/mol. The number of halogens is 1. The maximum Gasteiger partial charge on any atom is 0.230 e. The van der Waals surface area contributed by atoms with Crippen LogP contribution in [0.15, 0.2) is 28.3 Å². The van der Waals surface area contributed by atoms with E-state index in [1.165, 1.54) is 30.9 Å². The van der Waals surface area contributed by atoms with Crippen LogP contribution in [-0.2, 0) is 4.79 Å². The van der Waals surface area contributed by atoms with E-state index in [1.807, 2.05) is 0 Å². The summed E-state index contributed by atoms with van der Waals surface area (Å²) in [4.78, 5) is 11.7. The molecule has 17 heavy (non-hydrogen) atoms. The van der Waals surface area contributed by atoms with Crippen LogP contribution in [0, 0.1) is 5.82 Å². The van der Waals surface area contributed by atoms with E-state index in [-0.39, 0.29) is 23.1 Å². The van der Waals surface area contributed by atoms with Crippen molar-refractivity contribution in [3.8, 4) is 0 Å². The van der Waals surface area contributed by atoms with Gasteiger partial charge in [0.2, 0.25) is 5.91 Å². The van der Waals surface area contributed by atoms with Gasteiger partial charge in [-0.25, -0.2) is 4.39 Å². The summed E-state index contributed by atoms with van der Waals surface area (Å²) in [6.07, 6.45) is 0. The standard InChI is InChI=1S/C10H12FN3O2S/c1-13-9(15)5-17-8-3-2-6(11)4-7(8)10(12)14-16/h2-4,16H,5H2,1H3,(H2,12,14)(H,13,15). The van der Waals surface area contributed by atoms with Gasteiger partial charge in [0.15, 0.2) is 5.84 Å². The van der Waals surface area contributed by atoms with Crippen molar-refractivity contribution in [2.24, 2.45) is 10.9 Å². The highest BCUT2D eigenvalue weighted by Crippen LogP contribution is 2.23. The number of rotatable bonds is 4. The van der Waals surface area contributed by atoms with E-state index in [9.17, 15) is 9.18 Å². The van der Waals surface area contributed by atoms with E-state index < -0.39 is 5.82 Å². The van der Waals surface area contributed by atoms with Gasteiger partial charge in [-0.05, 0) is 18.2 Å². The fraction of sp³-hybridized carbons (Fsp3) is 0.200. The molecule has 1 amide bonds. The van der Waals surface area contributed by atoms with E-state index >= 15 is 0 Å². The summed E-state index contributed by atoms with van der Waals surface area (Å²) in [5, 5.41) is 13.9. The molecule has 0 aromatic heterocycles. The summed E-state index contributed by atoms with van der Waals surface area (Å²) in [6.45, 7) is 0.